The van der Waals surface area contributed by atoms with E-state index in [4.69, 9.17) is 15.2 Å². The number of aliphatic hydroxyl groups is 4. The molecule has 1 amide bonds. The second-order valence-corrected chi connectivity index (χ2v) is 8.82. The molecule has 0 spiro atoms. The third kappa shape index (κ3) is 11.4. The predicted octanol–water partition coefficient (Wildman–Crippen LogP) is 0.948. The van der Waals surface area contributed by atoms with E-state index in [0.29, 0.717) is 6.54 Å². The lowest BCUT2D eigenvalue weighted by Crippen LogP contribution is -2.59. The van der Waals surface area contributed by atoms with Crippen molar-refractivity contribution in [3.05, 3.63) is 0 Å². The van der Waals surface area contributed by atoms with Crippen molar-refractivity contribution < 1.29 is 34.7 Å². The minimum absolute atomic E-state index is 0.229. The van der Waals surface area contributed by atoms with E-state index in [9.17, 15) is 25.2 Å². The molecule has 0 aromatic rings. The SMILES string of the molecule is CCCCCCCCCCCCCCNC(=O)[C@@H](N)CO[C@@H]1O[C@H](CO)[C@H](O)[C@H](O)[C@H]1O. The van der Waals surface area contributed by atoms with Gasteiger partial charge in [-0.3, -0.25) is 4.79 Å². The first-order chi connectivity index (χ1) is 15.4. The fourth-order valence-corrected chi connectivity index (χ4v) is 3.79. The maximum atomic E-state index is 12.1. The van der Waals surface area contributed by atoms with Gasteiger partial charge in [0.25, 0.3) is 0 Å². The van der Waals surface area contributed by atoms with Crippen LogP contribution in [0.3, 0.4) is 0 Å². The molecule has 7 N–H and O–H groups in total. The lowest BCUT2D eigenvalue weighted by molar-refractivity contribution is -0.301. The largest absolute Gasteiger partial charge is 0.394 e. The summed E-state index contributed by atoms with van der Waals surface area (Å²) in [5, 5.41) is 41.4. The third-order valence-electron chi connectivity index (χ3n) is 5.95. The van der Waals surface area contributed by atoms with Crippen LogP contribution >= 0.6 is 0 Å². The number of amides is 1. The van der Waals surface area contributed by atoms with Crippen molar-refractivity contribution in [3.8, 4) is 0 Å². The number of hydrogen-bond acceptors (Lipinski definition) is 8. The van der Waals surface area contributed by atoms with Crippen molar-refractivity contribution in [3.63, 3.8) is 0 Å². The molecule has 0 saturated carbocycles. The van der Waals surface area contributed by atoms with E-state index in [2.05, 4.69) is 12.2 Å². The summed E-state index contributed by atoms with van der Waals surface area (Å²) in [6.45, 7) is 2.01. The number of carbonyl (C=O) groups is 1. The molecule has 1 saturated heterocycles. The number of hydrogen-bond donors (Lipinski definition) is 6. The van der Waals surface area contributed by atoms with E-state index in [1.807, 2.05) is 0 Å². The van der Waals surface area contributed by atoms with Crippen LogP contribution in [0.4, 0.5) is 0 Å². The smallest absolute Gasteiger partial charge is 0.239 e. The van der Waals surface area contributed by atoms with Gasteiger partial charge in [-0.05, 0) is 6.42 Å². The molecule has 9 nitrogen and oxygen atoms in total. The number of ether oxygens (including phenoxy) is 2. The monoisotopic (exact) mass is 462 g/mol. The maximum absolute atomic E-state index is 12.1. The van der Waals surface area contributed by atoms with E-state index in [0.717, 1.165) is 19.3 Å². The highest BCUT2D eigenvalue weighted by Crippen LogP contribution is 2.22. The Hall–Kier alpha value is -0.810. The van der Waals surface area contributed by atoms with Gasteiger partial charge in [-0.2, -0.15) is 0 Å². The van der Waals surface area contributed by atoms with E-state index >= 15 is 0 Å². The highest BCUT2D eigenvalue weighted by atomic mass is 16.7. The Balaban J connectivity index is 2.04. The second kappa shape index (κ2) is 17.6. The minimum Gasteiger partial charge on any atom is -0.394 e. The molecule has 190 valence electrons. The Morgan fingerprint density at radius 1 is 0.906 bits per heavy atom. The molecule has 0 aromatic heterocycles. The molecule has 32 heavy (non-hydrogen) atoms. The van der Waals surface area contributed by atoms with Crippen LogP contribution in [0.1, 0.15) is 84.0 Å². The van der Waals surface area contributed by atoms with Gasteiger partial charge in [0.1, 0.15) is 30.5 Å². The van der Waals surface area contributed by atoms with Crippen LogP contribution in [0.25, 0.3) is 0 Å². The molecule has 1 fully saturated rings. The highest BCUT2D eigenvalue weighted by Gasteiger charge is 2.44. The van der Waals surface area contributed by atoms with Crippen LogP contribution in [0.5, 0.6) is 0 Å². The summed E-state index contributed by atoms with van der Waals surface area (Å²) in [7, 11) is 0. The van der Waals surface area contributed by atoms with Crippen LogP contribution in [0.2, 0.25) is 0 Å². The number of rotatable bonds is 18. The van der Waals surface area contributed by atoms with Crippen LogP contribution in [0, 0.1) is 0 Å². The number of carbonyl (C=O) groups excluding carboxylic acids is 1. The summed E-state index contributed by atoms with van der Waals surface area (Å²) < 4.78 is 10.5. The molecule has 1 heterocycles. The topological polar surface area (TPSA) is 154 Å². The van der Waals surface area contributed by atoms with E-state index in [1.54, 1.807) is 0 Å². The van der Waals surface area contributed by atoms with Crippen molar-refractivity contribution in [1.29, 1.82) is 0 Å². The normalized spacial score (nSPS) is 26.8. The van der Waals surface area contributed by atoms with Gasteiger partial charge in [0.15, 0.2) is 6.29 Å². The first kappa shape index (κ1) is 29.2. The molecule has 1 aliphatic rings. The molecule has 0 aliphatic carbocycles. The molecule has 0 bridgehead atoms. The fourth-order valence-electron chi connectivity index (χ4n) is 3.79. The number of nitrogens with two attached hydrogens (primary N) is 1. The van der Waals surface area contributed by atoms with Gasteiger partial charge in [-0.15, -0.1) is 0 Å². The second-order valence-electron chi connectivity index (χ2n) is 8.82. The summed E-state index contributed by atoms with van der Waals surface area (Å²) in [5.41, 5.74) is 5.82. The van der Waals surface area contributed by atoms with Crippen LogP contribution in [-0.4, -0.2) is 82.8 Å². The quantitative estimate of drug-likeness (QED) is 0.165. The summed E-state index contributed by atoms with van der Waals surface area (Å²) >= 11 is 0. The molecular weight excluding hydrogens is 416 g/mol. The Bertz CT molecular complexity index is 481. The highest BCUT2D eigenvalue weighted by molar-refractivity contribution is 5.81. The molecule has 0 aromatic carbocycles. The lowest BCUT2D eigenvalue weighted by Gasteiger charge is -2.39. The molecule has 6 atom stereocenters. The van der Waals surface area contributed by atoms with E-state index in [1.165, 1.54) is 57.8 Å². The van der Waals surface area contributed by atoms with Gasteiger partial charge >= 0.3 is 0 Å². The number of unbranched alkanes of at least 4 members (excludes halogenated alkanes) is 11. The maximum Gasteiger partial charge on any atom is 0.239 e. The molecule has 0 radical (unpaired) electrons. The van der Waals surface area contributed by atoms with Gasteiger partial charge in [0, 0.05) is 6.54 Å². The average Bonchev–Trinajstić information content (AvgIpc) is 2.79. The molecule has 1 aliphatic heterocycles. The van der Waals surface area contributed by atoms with Crippen molar-refractivity contribution >= 4 is 5.91 Å². The van der Waals surface area contributed by atoms with Crippen LogP contribution in [0.15, 0.2) is 0 Å². The number of nitrogens with one attached hydrogen (secondary N) is 1. The zero-order chi connectivity index (χ0) is 23.8. The Morgan fingerprint density at radius 3 is 1.97 bits per heavy atom. The van der Waals surface area contributed by atoms with Gasteiger partial charge in [-0.1, -0.05) is 77.6 Å². The van der Waals surface area contributed by atoms with Crippen molar-refractivity contribution in [2.24, 2.45) is 5.73 Å². The molecule has 0 unspecified atom stereocenters. The summed E-state index contributed by atoms with van der Waals surface area (Å²) in [6.07, 6.45) is 8.17. The zero-order valence-corrected chi connectivity index (χ0v) is 19.7. The predicted molar refractivity (Wildman–Crippen MR) is 122 cm³/mol. The fraction of sp³-hybridized carbons (Fsp3) is 0.957. The Labute approximate surface area is 192 Å². The lowest BCUT2D eigenvalue weighted by atomic mass is 9.99. The zero-order valence-electron chi connectivity index (χ0n) is 19.7. The Kier molecular flexibility index (Phi) is 16.1. The molecule has 9 heteroatoms. The molecule has 1 rings (SSSR count). The standard InChI is InChI=1S/C23H46N2O7/c1-2-3-4-5-6-7-8-9-10-11-12-13-14-25-22(30)17(24)16-31-23-21(29)20(28)19(27)18(15-26)32-23/h17-21,23,26-29H,2-16,24H2,1H3,(H,25,30)/t17-,18+,19-,20-,21+,23+/m0/s1. The van der Waals surface area contributed by atoms with Crippen molar-refractivity contribution in [2.45, 2.75) is 121 Å². The van der Waals surface area contributed by atoms with Crippen molar-refractivity contribution in [1.82, 2.24) is 5.32 Å². The van der Waals surface area contributed by atoms with Crippen LogP contribution in [-0.2, 0) is 14.3 Å². The van der Waals surface area contributed by atoms with Gasteiger partial charge in [0.05, 0.1) is 13.2 Å². The third-order valence-corrected chi connectivity index (χ3v) is 5.95. The average molecular weight is 463 g/mol. The first-order valence-corrected chi connectivity index (χ1v) is 12.4. The van der Waals surface area contributed by atoms with E-state index in [-0.39, 0.29) is 12.5 Å². The summed E-state index contributed by atoms with van der Waals surface area (Å²) in [5.74, 6) is -0.363. The van der Waals surface area contributed by atoms with Gasteiger partial charge in [0.2, 0.25) is 5.91 Å². The molecular formula is C23H46N2O7. The van der Waals surface area contributed by atoms with Crippen molar-refractivity contribution in [2.75, 3.05) is 19.8 Å². The Morgan fingerprint density at radius 2 is 1.44 bits per heavy atom. The van der Waals surface area contributed by atoms with Gasteiger partial charge < -0.3 is 41.0 Å². The van der Waals surface area contributed by atoms with Gasteiger partial charge in [-0.25, -0.2) is 0 Å². The van der Waals surface area contributed by atoms with E-state index < -0.39 is 43.4 Å². The minimum atomic E-state index is -1.53. The van der Waals surface area contributed by atoms with Crippen LogP contribution < -0.4 is 11.1 Å². The first-order valence-electron chi connectivity index (χ1n) is 12.4. The summed E-state index contributed by atoms with van der Waals surface area (Å²) in [6, 6.07) is -0.959. The number of aliphatic hydroxyl groups excluding tert-OH is 4. The summed E-state index contributed by atoms with van der Waals surface area (Å²) in [4.78, 5) is 12.1.